The maximum absolute atomic E-state index is 11.9. The summed E-state index contributed by atoms with van der Waals surface area (Å²) in [6.07, 6.45) is 4.73. The number of nitrogens with one attached hydrogen (secondary N) is 1. The number of hydrogen-bond donors (Lipinski definition) is 1. The van der Waals surface area contributed by atoms with Crippen LogP contribution < -0.4 is 5.32 Å². The number of amides is 1. The molecule has 2 aliphatic rings. The first kappa shape index (κ1) is 11.9. The van der Waals surface area contributed by atoms with Crippen molar-refractivity contribution in [1.29, 1.82) is 0 Å². The van der Waals surface area contributed by atoms with Crippen molar-refractivity contribution in [2.75, 3.05) is 20.6 Å². The molecule has 3 nitrogen and oxygen atoms in total. The molecule has 16 heavy (non-hydrogen) atoms. The van der Waals surface area contributed by atoms with E-state index in [1.807, 2.05) is 0 Å². The lowest BCUT2D eigenvalue weighted by Gasteiger charge is -2.19. The molecule has 0 heterocycles. The SMILES string of the molecule is CC(CCN(C)C)NC(=O)C1CC2CC2C1. The first-order valence-corrected chi connectivity index (χ1v) is 6.51. The summed E-state index contributed by atoms with van der Waals surface area (Å²) >= 11 is 0. The highest BCUT2D eigenvalue weighted by Gasteiger charge is 2.47. The molecule has 2 saturated carbocycles. The second-order valence-corrected chi connectivity index (χ2v) is 5.93. The van der Waals surface area contributed by atoms with Crippen molar-refractivity contribution in [3.8, 4) is 0 Å². The molecule has 92 valence electrons. The first-order chi connectivity index (χ1) is 7.56. The van der Waals surface area contributed by atoms with Crippen LogP contribution in [0.3, 0.4) is 0 Å². The van der Waals surface area contributed by atoms with Crippen LogP contribution in [0.15, 0.2) is 0 Å². The summed E-state index contributed by atoms with van der Waals surface area (Å²) in [5.74, 6) is 2.42. The summed E-state index contributed by atoms with van der Waals surface area (Å²) in [4.78, 5) is 14.1. The first-order valence-electron chi connectivity index (χ1n) is 6.51. The van der Waals surface area contributed by atoms with E-state index >= 15 is 0 Å². The lowest BCUT2D eigenvalue weighted by molar-refractivity contribution is -0.125. The van der Waals surface area contributed by atoms with E-state index in [-0.39, 0.29) is 0 Å². The highest BCUT2D eigenvalue weighted by Crippen LogP contribution is 2.54. The maximum Gasteiger partial charge on any atom is 0.223 e. The number of nitrogens with zero attached hydrogens (tertiary/aromatic N) is 1. The summed E-state index contributed by atoms with van der Waals surface area (Å²) in [6, 6.07) is 0.312. The van der Waals surface area contributed by atoms with E-state index in [4.69, 9.17) is 0 Å². The molecule has 0 radical (unpaired) electrons. The van der Waals surface area contributed by atoms with Gasteiger partial charge in [-0.05, 0) is 65.1 Å². The molecule has 0 aromatic carbocycles. The van der Waals surface area contributed by atoms with Gasteiger partial charge in [-0.2, -0.15) is 0 Å². The Morgan fingerprint density at radius 3 is 2.50 bits per heavy atom. The van der Waals surface area contributed by atoms with Crippen LogP contribution in [-0.2, 0) is 4.79 Å². The third-order valence-corrected chi connectivity index (χ3v) is 4.01. The fraction of sp³-hybridized carbons (Fsp3) is 0.923. The Balaban J connectivity index is 1.66. The van der Waals surface area contributed by atoms with Crippen molar-refractivity contribution in [3.05, 3.63) is 0 Å². The number of carbonyl (C=O) groups excluding carboxylic acids is 1. The van der Waals surface area contributed by atoms with Crippen LogP contribution in [0.4, 0.5) is 0 Å². The topological polar surface area (TPSA) is 32.3 Å². The zero-order valence-corrected chi connectivity index (χ0v) is 10.7. The lowest BCUT2D eigenvalue weighted by atomic mass is 10.0. The van der Waals surface area contributed by atoms with E-state index < -0.39 is 0 Å². The van der Waals surface area contributed by atoms with Gasteiger partial charge in [0, 0.05) is 12.0 Å². The van der Waals surface area contributed by atoms with Gasteiger partial charge in [-0.15, -0.1) is 0 Å². The highest BCUT2D eigenvalue weighted by molar-refractivity contribution is 5.79. The fourth-order valence-corrected chi connectivity index (χ4v) is 2.81. The Morgan fingerprint density at radius 1 is 1.31 bits per heavy atom. The minimum atomic E-state index is 0.304. The van der Waals surface area contributed by atoms with Crippen molar-refractivity contribution in [1.82, 2.24) is 10.2 Å². The van der Waals surface area contributed by atoms with Crippen molar-refractivity contribution in [2.24, 2.45) is 17.8 Å². The molecule has 1 N–H and O–H groups in total. The summed E-state index contributed by atoms with van der Waals surface area (Å²) in [6.45, 7) is 3.15. The van der Waals surface area contributed by atoms with E-state index in [2.05, 4.69) is 31.2 Å². The summed E-state index contributed by atoms with van der Waals surface area (Å²) < 4.78 is 0. The average molecular weight is 224 g/mol. The molecule has 2 rings (SSSR count). The van der Waals surface area contributed by atoms with Gasteiger partial charge < -0.3 is 10.2 Å². The van der Waals surface area contributed by atoms with E-state index in [1.165, 1.54) is 6.42 Å². The van der Waals surface area contributed by atoms with Gasteiger partial charge in [-0.1, -0.05) is 0 Å². The molecule has 3 heteroatoms. The lowest BCUT2D eigenvalue weighted by Crippen LogP contribution is -2.38. The summed E-state index contributed by atoms with van der Waals surface area (Å²) in [5, 5.41) is 3.15. The van der Waals surface area contributed by atoms with Gasteiger partial charge in [0.15, 0.2) is 0 Å². The van der Waals surface area contributed by atoms with Crippen molar-refractivity contribution in [2.45, 2.75) is 38.6 Å². The van der Waals surface area contributed by atoms with Gasteiger partial charge in [-0.3, -0.25) is 4.79 Å². The molecule has 1 amide bonds. The molecule has 2 fully saturated rings. The second-order valence-electron chi connectivity index (χ2n) is 5.93. The van der Waals surface area contributed by atoms with E-state index in [1.54, 1.807) is 0 Å². The Kier molecular flexibility index (Phi) is 3.53. The predicted molar refractivity (Wildman–Crippen MR) is 65.1 cm³/mol. The van der Waals surface area contributed by atoms with Gasteiger partial charge in [0.25, 0.3) is 0 Å². The largest absolute Gasteiger partial charge is 0.353 e. The maximum atomic E-state index is 11.9. The zero-order valence-electron chi connectivity index (χ0n) is 10.7. The van der Waals surface area contributed by atoms with Crippen LogP contribution in [0.25, 0.3) is 0 Å². The van der Waals surface area contributed by atoms with Crippen molar-refractivity contribution >= 4 is 5.91 Å². The molecule has 0 bridgehead atoms. The Bertz CT molecular complexity index is 255. The van der Waals surface area contributed by atoms with Crippen LogP contribution in [0, 0.1) is 17.8 Å². The van der Waals surface area contributed by atoms with E-state index in [0.717, 1.165) is 37.6 Å². The van der Waals surface area contributed by atoms with Crippen molar-refractivity contribution in [3.63, 3.8) is 0 Å². The second kappa shape index (κ2) is 4.74. The van der Waals surface area contributed by atoms with Gasteiger partial charge in [0.2, 0.25) is 5.91 Å². The van der Waals surface area contributed by atoms with Crippen LogP contribution in [0.5, 0.6) is 0 Å². The molecule has 3 unspecified atom stereocenters. The minimum Gasteiger partial charge on any atom is -0.353 e. The molecule has 0 aliphatic heterocycles. The number of hydrogen-bond acceptors (Lipinski definition) is 2. The van der Waals surface area contributed by atoms with Crippen LogP contribution >= 0.6 is 0 Å². The van der Waals surface area contributed by atoms with Crippen LogP contribution in [0.2, 0.25) is 0 Å². The standard InChI is InChI=1S/C13H24N2O/c1-9(4-5-15(2)3)14-13(16)12-7-10-6-11(10)8-12/h9-12H,4-8H2,1-3H3,(H,14,16). The predicted octanol–water partition coefficient (Wildman–Crippen LogP) is 1.49. The molecular weight excluding hydrogens is 200 g/mol. The van der Waals surface area contributed by atoms with Crippen LogP contribution in [-0.4, -0.2) is 37.5 Å². The Labute approximate surface area is 98.6 Å². The van der Waals surface area contributed by atoms with Gasteiger partial charge in [0.05, 0.1) is 0 Å². The minimum absolute atomic E-state index is 0.304. The normalized spacial score (nSPS) is 33.6. The Morgan fingerprint density at radius 2 is 1.94 bits per heavy atom. The number of rotatable bonds is 5. The smallest absolute Gasteiger partial charge is 0.223 e. The third kappa shape index (κ3) is 2.97. The van der Waals surface area contributed by atoms with Gasteiger partial charge in [-0.25, -0.2) is 0 Å². The molecule has 2 aliphatic carbocycles. The van der Waals surface area contributed by atoms with Crippen LogP contribution in [0.1, 0.15) is 32.6 Å². The average Bonchev–Trinajstić information content (AvgIpc) is 2.83. The quantitative estimate of drug-likeness (QED) is 0.767. The zero-order chi connectivity index (χ0) is 11.7. The molecular formula is C13H24N2O. The number of fused-ring (bicyclic) bond motifs is 1. The molecule has 0 aromatic heterocycles. The molecule has 0 spiro atoms. The Hall–Kier alpha value is -0.570. The van der Waals surface area contributed by atoms with Gasteiger partial charge in [0.1, 0.15) is 0 Å². The van der Waals surface area contributed by atoms with E-state index in [9.17, 15) is 4.79 Å². The molecule has 0 saturated heterocycles. The third-order valence-electron chi connectivity index (χ3n) is 4.01. The van der Waals surface area contributed by atoms with Gasteiger partial charge >= 0.3 is 0 Å². The molecule has 0 aromatic rings. The fourth-order valence-electron chi connectivity index (χ4n) is 2.81. The summed E-state index contributed by atoms with van der Waals surface area (Å²) in [7, 11) is 4.14. The molecule has 3 atom stereocenters. The monoisotopic (exact) mass is 224 g/mol. The number of carbonyl (C=O) groups is 1. The summed E-state index contributed by atoms with van der Waals surface area (Å²) in [5.41, 5.74) is 0. The highest BCUT2D eigenvalue weighted by atomic mass is 16.1. The van der Waals surface area contributed by atoms with Crippen molar-refractivity contribution < 1.29 is 4.79 Å². The van der Waals surface area contributed by atoms with E-state index in [0.29, 0.717) is 17.9 Å².